The largest absolute Gasteiger partial charge is 0.460 e. The van der Waals surface area contributed by atoms with Crippen LogP contribution in [0.15, 0.2) is 47.6 Å². The summed E-state index contributed by atoms with van der Waals surface area (Å²) in [5.74, 6) is -10.4. The molecule has 3 heterocycles. The highest BCUT2D eigenvalue weighted by Crippen LogP contribution is 2.38. The summed E-state index contributed by atoms with van der Waals surface area (Å²) < 4.78 is 58.7. The van der Waals surface area contributed by atoms with E-state index in [-0.39, 0.29) is 55.6 Å². The first kappa shape index (κ1) is 56.8. The molecule has 15 atom stereocenters. The van der Waals surface area contributed by atoms with E-state index in [1.54, 1.807) is 40.9 Å². The third-order valence-electron chi connectivity index (χ3n) is 15.6. The lowest BCUT2D eigenvalue weighted by atomic mass is 9.78. The zero-order valence-corrected chi connectivity index (χ0v) is 44.8. The first-order valence-corrected chi connectivity index (χ1v) is 26.1. The van der Waals surface area contributed by atoms with Crippen LogP contribution >= 0.6 is 0 Å². The van der Waals surface area contributed by atoms with Crippen LogP contribution < -0.4 is 0 Å². The van der Waals surface area contributed by atoms with E-state index in [1.165, 1.54) is 14.2 Å². The van der Waals surface area contributed by atoms with Crippen molar-refractivity contribution in [3.63, 3.8) is 0 Å². The third-order valence-corrected chi connectivity index (χ3v) is 15.6. The number of hydrogen-bond acceptors (Lipinski definition) is 16. The molecule has 0 aromatic heterocycles. The Morgan fingerprint density at radius 3 is 2.25 bits per heavy atom. The van der Waals surface area contributed by atoms with Gasteiger partial charge >= 0.3 is 11.9 Å². The molecule has 73 heavy (non-hydrogen) atoms. The first-order chi connectivity index (χ1) is 35.7. The maximum Gasteiger partial charge on any atom is 0.329 e. The summed E-state index contributed by atoms with van der Waals surface area (Å²) in [4.78, 5) is 85.8. The summed E-state index contributed by atoms with van der Waals surface area (Å²) in [5, 5.41) is 43.4. The smallest absolute Gasteiger partial charge is 0.329 e. The Bertz CT molecular complexity index is 2120. The molecular weight excluding hydrogens is 943 g/mol. The van der Waals surface area contributed by atoms with Gasteiger partial charge in [0.2, 0.25) is 5.79 Å². The number of carbonyl (C=O) groups is 6. The molecule has 3 fully saturated rings. The van der Waals surface area contributed by atoms with Gasteiger partial charge in [-0.1, -0.05) is 71.1 Å². The van der Waals surface area contributed by atoms with E-state index in [0.717, 1.165) is 10.5 Å². The van der Waals surface area contributed by atoms with Crippen molar-refractivity contribution >= 4 is 35.2 Å². The molecule has 4 aliphatic rings. The fourth-order valence-corrected chi connectivity index (χ4v) is 10.7. The van der Waals surface area contributed by atoms with Crippen LogP contribution in [0.2, 0.25) is 0 Å². The minimum atomic E-state index is -3.07. The van der Waals surface area contributed by atoms with Gasteiger partial charge in [-0.15, -0.1) is 0 Å². The molecule has 17 nitrogen and oxygen atoms in total. The van der Waals surface area contributed by atoms with Crippen LogP contribution in [0, 0.1) is 40.9 Å². The van der Waals surface area contributed by atoms with E-state index in [9.17, 15) is 49.2 Å². The average molecular weight is 1030 g/mol. The van der Waals surface area contributed by atoms with Gasteiger partial charge in [0.25, 0.3) is 11.7 Å². The van der Waals surface area contributed by atoms with Crippen LogP contribution in [0.3, 0.4) is 0 Å². The molecule has 2 bridgehead atoms. The van der Waals surface area contributed by atoms with Gasteiger partial charge in [0, 0.05) is 62.6 Å². The van der Waals surface area contributed by atoms with E-state index < -0.39 is 127 Å². The number of amides is 1. The Labute approximate surface area is 437 Å². The molecule has 0 radical (unpaired) electrons. The zero-order chi connectivity index (χ0) is 56.9. The second kappa shape index (κ2) is 28.3. The van der Waals surface area contributed by atoms with Gasteiger partial charge in [-0.05, 0) is 114 Å². The molecule has 0 aromatic rings. The second-order valence-electron chi connectivity index (χ2n) is 21.4. The summed E-state index contributed by atoms with van der Waals surface area (Å²) in [6, 6.07) is -1.25. The van der Waals surface area contributed by atoms with E-state index in [2.05, 4.69) is 0 Å². The number of methoxy groups -OCH3 is 3. The van der Waals surface area contributed by atoms with Crippen LogP contribution in [0.4, 0.5) is 0 Å². The lowest BCUT2D eigenvalue weighted by Gasteiger charge is -2.42. The molecule has 2 saturated heterocycles. The highest BCUT2D eigenvalue weighted by Gasteiger charge is 2.53. The fraction of sp³-hybridized carbons (Fsp3) is 0.750. The van der Waals surface area contributed by atoms with Gasteiger partial charge < -0.3 is 53.7 Å². The number of esters is 2. The maximum atomic E-state index is 14.6. The molecule has 412 valence electrons. The molecule has 3 aliphatic heterocycles. The predicted octanol–water partition coefficient (Wildman–Crippen LogP) is 5.72. The van der Waals surface area contributed by atoms with Crippen molar-refractivity contribution in [2.45, 2.75) is 187 Å². The molecular formula is C56H87NO16. The minimum Gasteiger partial charge on any atom is -0.460 e. The average Bonchev–Trinajstić information content (AvgIpc) is 3.38. The number of allylic oxidation sites excluding steroid dienone is 6. The second-order valence-corrected chi connectivity index (χ2v) is 21.4. The quantitative estimate of drug-likeness (QED) is 0.116. The SMILES string of the molecule is [2H]C([2H])([2H])C(CO)(CO)C(=O)O[C@@H]1CC[C@@H](C[C@@H](C)[C@@H]2CC(=O)[C@H](C)/C=C(\C)[C@@H](O)[C@@H](OC)C(=O)[C@H](C)C[C@H](C)/C=C/C=C/C=C(\C)[C@H](OC)C[C@@H]3CC[C@@H](C)[C@@](O)(O3)C(=O)C(=O)N3CCCC[C@H]3C(=O)O2)C[C@H]1OC. The Balaban J connectivity index is 1.70. The summed E-state index contributed by atoms with van der Waals surface area (Å²) in [7, 11) is 4.30. The summed E-state index contributed by atoms with van der Waals surface area (Å²) in [6.45, 7) is 6.91. The Kier molecular flexibility index (Phi) is 22.0. The lowest BCUT2D eigenvalue weighted by Crippen LogP contribution is -2.61. The number of ketones is 3. The molecule has 1 amide bonds. The van der Waals surface area contributed by atoms with Gasteiger partial charge in [-0.3, -0.25) is 24.0 Å². The Morgan fingerprint density at radius 1 is 0.890 bits per heavy atom. The van der Waals surface area contributed by atoms with E-state index in [0.29, 0.717) is 56.9 Å². The first-order valence-electron chi connectivity index (χ1n) is 27.6. The van der Waals surface area contributed by atoms with Gasteiger partial charge in [0.05, 0.1) is 31.5 Å². The van der Waals surface area contributed by atoms with Crippen LogP contribution in [0.25, 0.3) is 0 Å². The number of aliphatic hydroxyl groups excluding tert-OH is 3. The van der Waals surface area contributed by atoms with E-state index >= 15 is 0 Å². The minimum absolute atomic E-state index is 0.0121. The van der Waals surface area contributed by atoms with Gasteiger partial charge in [0.1, 0.15) is 41.7 Å². The monoisotopic (exact) mass is 1030 g/mol. The summed E-state index contributed by atoms with van der Waals surface area (Å²) >= 11 is 0. The highest BCUT2D eigenvalue weighted by atomic mass is 16.6. The lowest BCUT2D eigenvalue weighted by molar-refractivity contribution is -0.265. The molecule has 17 heteroatoms. The molecule has 0 aromatic carbocycles. The number of rotatable bonds is 10. The number of aliphatic hydroxyl groups is 4. The van der Waals surface area contributed by atoms with Crippen molar-refractivity contribution in [3.8, 4) is 0 Å². The van der Waals surface area contributed by atoms with Crippen molar-refractivity contribution in [1.29, 1.82) is 0 Å². The number of fused-ring (bicyclic) bond motifs is 3. The maximum absolute atomic E-state index is 14.6. The van der Waals surface area contributed by atoms with Gasteiger partial charge in [-0.2, -0.15) is 0 Å². The van der Waals surface area contributed by atoms with Crippen LogP contribution in [-0.2, 0) is 57.2 Å². The molecule has 4 N–H and O–H groups in total. The number of hydrogen-bond donors (Lipinski definition) is 4. The topological polar surface area (TPSA) is 242 Å². The van der Waals surface area contributed by atoms with Crippen molar-refractivity contribution < 1.29 is 81.7 Å². The highest BCUT2D eigenvalue weighted by molar-refractivity contribution is 6.39. The van der Waals surface area contributed by atoms with E-state index in [4.69, 9.17) is 32.5 Å². The number of Topliss-reactive ketones (excluding diaryl/α,β-unsaturated/α-hetero) is 3. The molecule has 4 rings (SSSR count). The van der Waals surface area contributed by atoms with Crippen LogP contribution in [0.5, 0.6) is 0 Å². The normalized spacial score (nSPS) is 38.2. The fourth-order valence-electron chi connectivity index (χ4n) is 10.7. The molecule has 0 unspecified atom stereocenters. The van der Waals surface area contributed by atoms with Crippen molar-refractivity contribution in [2.24, 2.45) is 40.9 Å². The zero-order valence-electron chi connectivity index (χ0n) is 47.8. The number of nitrogens with zero attached hydrogens (tertiary/aromatic N) is 1. The summed E-state index contributed by atoms with van der Waals surface area (Å²) in [5.41, 5.74) is -1.39. The molecule has 1 aliphatic carbocycles. The summed E-state index contributed by atoms with van der Waals surface area (Å²) in [6.07, 6.45) is 8.19. The van der Waals surface area contributed by atoms with E-state index in [1.807, 2.05) is 51.2 Å². The standard InChI is InChI=1S/C56H87NO16/c1-33-17-13-12-14-18-34(2)45(68-9)29-41-22-20-39(7)56(67,73-41)51(63)52(64)57-24-16-15-19-42(57)53(65)71-46(30-43(60)35(3)26-38(6)49(62)50(70-11)48(61)37(5)25-33)36(4)27-40-21-23-44(47(28-40)69-10)72-54(66)55(8,31-58)32-59/h12-14,17-18,26,33,35-37,39-42,44-47,49-50,58-59,62,67H,15-16,19-25,27-32H2,1-11H3/b14-12+,17-13+,34-18+,38-26+/t33-,35-,36-,37-,39-,40+,41+,42+,44-,45-,46+,47-,49-,50+,56-/m1/s1/i8D3. The van der Waals surface area contributed by atoms with Gasteiger partial charge in [-0.25, -0.2) is 4.79 Å². The Hall–Kier alpha value is -3.94. The van der Waals surface area contributed by atoms with Crippen molar-refractivity contribution in [1.82, 2.24) is 4.90 Å². The van der Waals surface area contributed by atoms with Crippen molar-refractivity contribution in [3.05, 3.63) is 47.6 Å². The predicted molar refractivity (Wildman–Crippen MR) is 271 cm³/mol. The molecule has 1 saturated carbocycles. The Morgan fingerprint density at radius 2 is 1.60 bits per heavy atom. The number of carbonyl (C=O) groups excluding carboxylic acids is 6. The van der Waals surface area contributed by atoms with Crippen molar-refractivity contribution in [2.75, 3.05) is 41.1 Å². The van der Waals surface area contributed by atoms with Crippen LogP contribution in [0.1, 0.15) is 136 Å². The van der Waals surface area contributed by atoms with Crippen LogP contribution in [-0.4, -0.2) is 156 Å². The number of ether oxygens (including phenoxy) is 6. The third kappa shape index (κ3) is 16.0. The number of cyclic esters (lactones) is 1. The number of piperidine rings is 1. The molecule has 0 spiro atoms. The van der Waals surface area contributed by atoms with Gasteiger partial charge in [0.15, 0.2) is 5.78 Å².